The van der Waals surface area contributed by atoms with E-state index in [1.807, 2.05) is 0 Å². The summed E-state index contributed by atoms with van der Waals surface area (Å²) >= 11 is 0. The van der Waals surface area contributed by atoms with Crippen molar-refractivity contribution < 1.29 is 57.2 Å². The molecule has 2 aliphatic rings. The first-order valence-electron chi connectivity index (χ1n) is 13.8. The number of nitrogens with two attached hydrogens (primary N) is 1. The summed E-state index contributed by atoms with van der Waals surface area (Å²) in [6, 6.07) is -0.671. The van der Waals surface area contributed by atoms with E-state index in [0.717, 1.165) is 0 Å². The second-order valence-electron chi connectivity index (χ2n) is 9.48. The summed E-state index contributed by atoms with van der Waals surface area (Å²) in [5.74, 6) is -0.404. The number of hydrogen-bond acceptors (Lipinski definition) is 12. The van der Waals surface area contributed by atoms with Crippen LogP contribution in [0.1, 0.15) is 26.2 Å². The van der Waals surface area contributed by atoms with Crippen LogP contribution in [0.25, 0.3) is 0 Å². The van der Waals surface area contributed by atoms with E-state index in [-0.39, 0.29) is 49.7 Å². The van der Waals surface area contributed by atoms with Crippen LogP contribution < -0.4 is 16.4 Å². The third kappa shape index (κ3) is 14.3. The van der Waals surface area contributed by atoms with E-state index in [1.54, 1.807) is 0 Å². The number of carbonyl (C=O) groups excluding carboxylic acids is 3. The van der Waals surface area contributed by atoms with Gasteiger partial charge >= 0.3 is 14.3 Å². The maximum atomic E-state index is 12.3. The van der Waals surface area contributed by atoms with Gasteiger partial charge in [0.25, 0.3) is 0 Å². The predicted octanol–water partition coefficient (Wildman–Crippen LogP) is -1.63. The molecular weight excluding hydrogens is 581 g/mol. The van der Waals surface area contributed by atoms with Crippen LogP contribution in [0.15, 0.2) is 4.99 Å². The minimum absolute atomic E-state index is 0.0913. The molecule has 5 atom stereocenters. The van der Waals surface area contributed by atoms with Crippen molar-refractivity contribution in [2.45, 2.75) is 44.6 Å². The number of ether oxygens (including phenoxy) is 5. The van der Waals surface area contributed by atoms with Gasteiger partial charge in [0.1, 0.15) is 18.0 Å². The minimum atomic E-state index is -3.28. The monoisotopic (exact) mass is 625 g/mol. The van der Waals surface area contributed by atoms with Gasteiger partial charge in [-0.25, -0.2) is 4.79 Å². The highest BCUT2D eigenvalue weighted by Crippen LogP contribution is 2.30. The molecule has 0 aromatic rings. The standard InChI is InChI=1S/C24H44N5O12P/c1-17(30)26-6-8-37-10-12-39-14-13-38-11-9-36-7-4-20(31)27-5-2-3-18-15-29(24(33)28-22(18)25)23-21(32)19(16-40-23)41-42(34)35/h18-19,21,23,32,42H,2-16H2,1H3,(H,26,30)(H,27,31)(H,34,35)(H2,25,28,33)/t18?,19?,21-,23+/m0/s1. The minimum Gasteiger partial charge on any atom is -0.387 e. The Kier molecular flexibility index (Phi) is 17.7. The molecule has 42 heavy (non-hydrogen) atoms. The summed E-state index contributed by atoms with van der Waals surface area (Å²) in [4.78, 5) is 49.1. The molecule has 0 aliphatic carbocycles. The van der Waals surface area contributed by atoms with Crippen LogP contribution in [0.2, 0.25) is 0 Å². The van der Waals surface area contributed by atoms with Crippen molar-refractivity contribution in [1.29, 1.82) is 0 Å². The molecule has 1 fully saturated rings. The molecule has 3 unspecified atom stereocenters. The first kappa shape index (κ1) is 36.0. The topological polar surface area (TPSA) is 230 Å². The van der Waals surface area contributed by atoms with Crippen molar-refractivity contribution in [3.8, 4) is 0 Å². The summed E-state index contributed by atoms with van der Waals surface area (Å²) in [7, 11) is -3.28. The second-order valence-corrected chi connectivity index (χ2v) is 10.2. The number of carbonyl (C=O) groups is 3. The van der Waals surface area contributed by atoms with Gasteiger partial charge in [-0.3, -0.25) is 19.1 Å². The van der Waals surface area contributed by atoms with Crippen molar-refractivity contribution in [2.24, 2.45) is 16.6 Å². The lowest BCUT2D eigenvalue weighted by Gasteiger charge is -2.35. The van der Waals surface area contributed by atoms with Gasteiger partial charge in [-0.2, -0.15) is 4.99 Å². The molecule has 0 aromatic heterocycles. The van der Waals surface area contributed by atoms with E-state index in [4.69, 9.17) is 38.8 Å². The quantitative estimate of drug-likeness (QED) is 0.0673. The molecule has 18 heteroatoms. The molecule has 2 rings (SSSR count). The average molecular weight is 626 g/mol. The zero-order valence-corrected chi connectivity index (χ0v) is 24.9. The molecule has 17 nitrogen and oxygen atoms in total. The third-order valence-corrected chi connectivity index (χ3v) is 6.74. The molecule has 0 spiro atoms. The summed E-state index contributed by atoms with van der Waals surface area (Å²) in [5.41, 5.74) is 5.94. The molecule has 6 N–H and O–H groups in total. The van der Waals surface area contributed by atoms with E-state index < -0.39 is 32.7 Å². The van der Waals surface area contributed by atoms with Crippen LogP contribution in [0.3, 0.4) is 0 Å². The number of aliphatic hydroxyl groups excluding tert-OH is 1. The van der Waals surface area contributed by atoms with E-state index in [1.165, 1.54) is 11.8 Å². The van der Waals surface area contributed by atoms with Crippen molar-refractivity contribution in [3.63, 3.8) is 0 Å². The molecular formula is C24H44N5O12P. The van der Waals surface area contributed by atoms with Gasteiger partial charge in [-0.05, 0) is 12.8 Å². The molecule has 0 saturated carbocycles. The maximum Gasteiger partial charge on any atom is 0.347 e. The molecule has 0 aromatic carbocycles. The highest BCUT2D eigenvalue weighted by Gasteiger charge is 2.45. The fourth-order valence-electron chi connectivity index (χ4n) is 4.10. The Balaban J connectivity index is 1.46. The van der Waals surface area contributed by atoms with Crippen molar-refractivity contribution >= 4 is 31.9 Å². The number of nitrogens with zero attached hydrogens (tertiary/aromatic N) is 2. The Morgan fingerprint density at radius 2 is 1.67 bits per heavy atom. The van der Waals surface area contributed by atoms with E-state index in [2.05, 4.69) is 15.6 Å². The van der Waals surface area contributed by atoms with Crippen LogP contribution in [0.4, 0.5) is 4.79 Å². The molecule has 0 bridgehead atoms. The molecule has 2 aliphatic heterocycles. The van der Waals surface area contributed by atoms with Crippen LogP contribution in [0, 0.1) is 5.92 Å². The Morgan fingerprint density at radius 1 is 1.05 bits per heavy atom. The summed E-state index contributed by atoms with van der Waals surface area (Å²) in [6.07, 6.45) is -2.12. The van der Waals surface area contributed by atoms with E-state index in [9.17, 15) is 24.1 Å². The number of hydrogen-bond donors (Lipinski definition) is 5. The Labute approximate surface area is 245 Å². The Bertz CT molecular complexity index is 898. The number of amides is 4. The Morgan fingerprint density at radius 3 is 2.29 bits per heavy atom. The molecule has 1 saturated heterocycles. The van der Waals surface area contributed by atoms with Gasteiger partial charge in [-0.15, -0.1) is 0 Å². The van der Waals surface area contributed by atoms with Gasteiger partial charge in [0.2, 0.25) is 11.8 Å². The Hall–Kier alpha value is -2.21. The molecule has 4 amide bonds. The number of amidine groups is 1. The summed E-state index contributed by atoms with van der Waals surface area (Å²) in [5, 5.41) is 15.8. The first-order chi connectivity index (χ1) is 20.2. The lowest BCUT2D eigenvalue weighted by atomic mass is 9.99. The van der Waals surface area contributed by atoms with Gasteiger partial charge < -0.3 is 54.6 Å². The third-order valence-electron chi connectivity index (χ3n) is 6.23. The number of urea groups is 1. The van der Waals surface area contributed by atoms with Crippen LogP contribution in [-0.4, -0.2) is 136 Å². The van der Waals surface area contributed by atoms with Gasteiger partial charge in [-0.1, -0.05) is 0 Å². The summed E-state index contributed by atoms with van der Waals surface area (Å²) in [6.45, 7) is 5.41. The van der Waals surface area contributed by atoms with Gasteiger partial charge in [0.05, 0.1) is 59.5 Å². The fraction of sp³-hybridized carbons (Fsp3) is 0.833. The highest BCUT2D eigenvalue weighted by atomic mass is 31.1. The highest BCUT2D eigenvalue weighted by molar-refractivity contribution is 7.32. The van der Waals surface area contributed by atoms with Crippen molar-refractivity contribution in [1.82, 2.24) is 15.5 Å². The SMILES string of the molecule is CC(=O)NCCOCCOCCOCCOCCC(=O)NCCCC1CN([C@@H]2OCC(O[PH](=O)O)[C@@H]2O)C(=O)N=C1N. The normalized spacial score (nSPS) is 23.1. The lowest BCUT2D eigenvalue weighted by molar-refractivity contribution is -0.122. The van der Waals surface area contributed by atoms with Crippen molar-refractivity contribution in [3.05, 3.63) is 0 Å². The summed E-state index contributed by atoms with van der Waals surface area (Å²) < 4.78 is 42.6. The number of nitrogens with one attached hydrogen (secondary N) is 2. The molecule has 242 valence electrons. The van der Waals surface area contributed by atoms with Gasteiger partial charge in [0, 0.05) is 38.9 Å². The number of rotatable bonds is 22. The largest absolute Gasteiger partial charge is 0.387 e. The maximum absolute atomic E-state index is 12.3. The smallest absolute Gasteiger partial charge is 0.347 e. The predicted molar refractivity (Wildman–Crippen MR) is 148 cm³/mol. The fourth-order valence-corrected chi connectivity index (χ4v) is 4.57. The average Bonchev–Trinajstić information content (AvgIpc) is 3.28. The van der Waals surface area contributed by atoms with Gasteiger partial charge in [0.15, 0.2) is 6.23 Å². The molecule has 0 radical (unpaired) electrons. The number of aliphatic hydroxyl groups is 1. The van der Waals surface area contributed by atoms with E-state index in [0.29, 0.717) is 72.2 Å². The van der Waals surface area contributed by atoms with Crippen LogP contribution in [0.5, 0.6) is 0 Å². The van der Waals surface area contributed by atoms with E-state index >= 15 is 0 Å². The molecule has 2 heterocycles. The van der Waals surface area contributed by atoms with Crippen molar-refractivity contribution in [2.75, 3.05) is 79.1 Å². The first-order valence-corrected chi connectivity index (χ1v) is 15.1. The van der Waals surface area contributed by atoms with Crippen LogP contribution in [-0.2, 0) is 42.4 Å². The zero-order valence-electron chi connectivity index (χ0n) is 23.9. The zero-order chi connectivity index (χ0) is 30.7. The number of aliphatic imine (C=N–C) groups is 1. The second kappa shape index (κ2) is 20.7. The lowest BCUT2D eigenvalue weighted by Crippen LogP contribution is -2.53. The van der Waals surface area contributed by atoms with Crippen LogP contribution >= 0.6 is 8.25 Å².